The molecule has 0 radical (unpaired) electrons. The first-order chi connectivity index (χ1) is 16.4. The minimum atomic E-state index is -0.631. The number of nitrogens with two attached hydrogens (primary N) is 2. The van der Waals surface area contributed by atoms with Crippen molar-refractivity contribution in [3.63, 3.8) is 0 Å². The van der Waals surface area contributed by atoms with Crippen LogP contribution in [0.5, 0.6) is 0 Å². The maximum absolute atomic E-state index is 13.2. The summed E-state index contributed by atoms with van der Waals surface area (Å²) in [6.45, 7) is 3.59. The van der Waals surface area contributed by atoms with Crippen LogP contribution in [0.1, 0.15) is 57.1 Å². The molecule has 0 bridgehead atoms. The van der Waals surface area contributed by atoms with Crippen molar-refractivity contribution in [2.75, 3.05) is 18.8 Å². The first-order valence-corrected chi connectivity index (χ1v) is 14.7. The Labute approximate surface area is 215 Å². The van der Waals surface area contributed by atoms with E-state index in [1.807, 2.05) is 17.1 Å². The monoisotopic (exact) mass is 600 g/mol. The van der Waals surface area contributed by atoms with Gasteiger partial charge >= 0.3 is 6.03 Å². The summed E-state index contributed by atoms with van der Waals surface area (Å²) >= 11 is 2.15. The van der Waals surface area contributed by atoms with Gasteiger partial charge in [0.2, 0.25) is 0 Å². The van der Waals surface area contributed by atoms with Crippen molar-refractivity contribution in [3.8, 4) is 11.4 Å². The Balaban J connectivity index is 0.000000188. The van der Waals surface area contributed by atoms with E-state index in [0.29, 0.717) is 5.82 Å². The molecule has 0 atom stereocenters. The third kappa shape index (κ3) is 6.90. The largest absolute Gasteiger partial charge is 0.381 e. The van der Waals surface area contributed by atoms with Gasteiger partial charge in [-0.05, 0) is 19.8 Å². The van der Waals surface area contributed by atoms with Crippen LogP contribution < -0.4 is 11.5 Å². The zero-order valence-electron chi connectivity index (χ0n) is 19.2. The first kappa shape index (κ1) is 26.4. The number of carbonyl (C=O) groups excluding carboxylic acids is 1. The molecule has 9 nitrogen and oxygen atoms in total. The number of aromatic nitrogens is 5. The number of nitrogens with zero attached hydrogens (tertiary/aromatic N) is 6. The van der Waals surface area contributed by atoms with E-state index in [9.17, 15) is 9.18 Å². The Hall–Kier alpha value is -2.22. The number of amides is 2. The zero-order valence-corrected chi connectivity index (χ0v) is 22.2. The van der Waals surface area contributed by atoms with E-state index in [-0.39, 0.29) is 11.8 Å². The molecule has 2 fully saturated rings. The van der Waals surface area contributed by atoms with Crippen LogP contribution >= 0.6 is 30.3 Å². The van der Waals surface area contributed by atoms with E-state index in [1.165, 1.54) is 54.0 Å². The second kappa shape index (κ2) is 13.0. The van der Waals surface area contributed by atoms with Crippen molar-refractivity contribution in [2.45, 2.75) is 58.3 Å². The minimum Gasteiger partial charge on any atom is -0.381 e. The highest BCUT2D eigenvalue weighted by Crippen LogP contribution is 2.33. The molecule has 0 aromatic carbocycles. The molecule has 1 saturated heterocycles. The van der Waals surface area contributed by atoms with Crippen LogP contribution in [0, 0.1) is 12.7 Å². The number of primary amides is 1. The molecule has 12 heteroatoms. The van der Waals surface area contributed by atoms with Gasteiger partial charge in [-0.2, -0.15) is 0 Å². The SMILES string of the molecule is C1CCCCC1.Cc1ncnc2c1c(-c1ncc(F)c(N)n1)cn2SI.NC(=O)N1CCCC1. The predicted octanol–water partition coefficient (Wildman–Crippen LogP) is 5.27. The number of anilines is 1. The molecule has 5 rings (SSSR count). The number of nitrogen functional groups attached to an aromatic ring is 1. The van der Waals surface area contributed by atoms with Crippen LogP contribution in [0.25, 0.3) is 22.4 Å². The number of fused-ring (bicyclic) bond motifs is 1. The van der Waals surface area contributed by atoms with Gasteiger partial charge in [0.1, 0.15) is 6.33 Å². The number of urea groups is 1. The zero-order chi connectivity index (χ0) is 24.5. The van der Waals surface area contributed by atoms with E-state index >= 15 is 0 Å². The molecule has 184 valence electrons. The van der Waals surface area contributed by atoms with Crippen LogP contribution in [-0.2, 0) is 0 Å². The van der Waals surface area contributed by atoms with E-state index in [4.69, 9.17) is 11.5 Å². The molecule has 3 aromatic rings. The summed E-state index contributed by atoms with van der Waals surface area (Å²) in [5.74, 6) is -0.447. The van der Waals surface area contributed by atoms with Crippen LogP contribution in [0.3, 0.4) is 0 Å². The van der Waals surface area contributed by atoms with Gasteiger partial charge in [-0.3, -0.25) is 3.97 Å². The maximum atomic E-state index is 13.2. The highest BCUT2D eigenvalue weighted by atomic mass is 127. The molecular weight excluding hydrogens is 570 g/mol. The third-order valence-corrected chi connectivity index (χ3v) is 7.45. The summed E-state index contributed by atoms with van der Waals surface area (Å²) in [7, 11) is 1.47. The summed E-state index contributed by atoms with van der Waals surface area (Å²) in [4.78, 5) is 28.5. The summed E-state index contributed by atoms with van der Waals surface area (Å²) < 4.78 is 15.1. The molecule has 1 aliphatic heterocycles. The Morgan fingerprint density at radius 3 is 2.18 bits per heavy atom. The normalized spacial score (nSPS) is 15.3. The van der Waals surface area contributed by atoms with Crippen LogP contribution in [0.2, 0.25) is 0 Å². The lowest BCUT2D eigenvalue weighted by molar-refractivity contribution is 0.218. The lowest BCUT2D eigenvalue weighted by atomic mass is 10.0. The topological polar surface area (TPSA) is 129 Å². The molecule has 4 N–H and O–H groups in total. The third-order valence-electron chi connectivity index (χ3n) is 5.75. The number of rotatable bonds is 2. The van der Waals surface area contributed by atoms with Crippen LogP contribution in [0.4, 0.5) is 15.0 Å². The Morgan fingerprint density at radius 1 is 1.06 bits per heavy atom. The first-order valence-electron chi connectivity index (χ1n) is 11.4. The molecule has 1 saturated carbocycles. The Bertz CT molecular complexity index is 1090. The molecular formula is C22H30FIN8OS. The maximum Gasteiger partial charge on any atom is 0.314 e. The van der Waals surface area contributed by atoms with Gasteiger partial charge in [-0.1, -0.05) is 38.5 Å². The predicted molar refractivity (Wildman–Crippen MR) is 143 cm³/mol. The smallest absolute Gasteiger partial charge is 0.314 e. The second-order valence-electron chi connectivity index (χ2n) is 8.18. The summed E-state index contributed by atoms with van der Waals surface area (Å²) in [5, 5.41) is 0.836. The van der Waals surface area contributed by atoms with Gasteiger partial charge in [-0.25, -0.2) is 29.1 Å². The van der Waals surface area contributed by atoms with Crippen molar-refractivity contribution in [1.29, 1.82) is 0 Å². The summed E-state index contributed by atoms with van der Waals surface area (Å²) in [6, 6.07) is -0.275. The summed E-state index contributed by atoms with van der Waals surface area (Å²) in [6.07, 6.45) is 15.6. The highest BCUT2D eigenvalue weighted by molar-refractivity contribution is 14.2. The van der Waals surface area contributed by atoms with Gasteiger partial charge in [0.25, 0.3) is 0 Å². The highest BCUT2D eigenvalue weighted by Gasteiger charge is 2.17. The fourth-order valence-corrected chi connectivity index (χ4v) is 5.17. The number of likely N-dealkylation sites (tertiary alicyclic amines) is 1. The molecule has 34 heavy (non-hydrogen) atoms. The fraction of sp³-hybridized carbons (Fsp3) is 0.500. The molecule has 4 heterocycles. The van der Waals surface area contributed by atoms with Crippen molar-refractivity contribution >= 4 is 53.2 Å². The van der Waals surface area contributed by atoms with Gasteiger partial charge in [-0.15, -0.1) is 0 Å². The molecule has 1 aliphatic carbocycles. The van der Waals surface area contributed by atoms with Gasteiger partial charge < -0.3 is 16.4 Å². The van der Waals surface area contributed by atoms with E-state index < -0.39 is 5.82 Å². The van der Waals surface area contributed by atoms with E-state index in [2.05, 4.69) is 41.1 Å². The minimum absolute atomic E-state index is 0.174. The molecule has 2 amide bonds. The Kier molecular flexibility index (Phi) is 10.1. The number of hydrogen-bond acceptors (Lipinski definition) is 7. The quantitative estimate of drug-likeness (QED) is 0.384. The van der Waals surface area contributed by atoms with E-state index in [0.717, 1.165) is 54.4 Å². The average molecular weight is 601 g/mol. The number of carbonyl (C=O) groups is 1. The fourth-order valence-electron chi connectivity index (χ4n) is 3.92. The Morgan fingerprint density at radius 2 is 1.68 bits per heavy atom. The number of hydrogen-bond donors (Lipinski definition) is 2. The van der Waals surface area contributed by atoms with Crippen LogP contribution in [0.15, 0.2) is 18.7 Å². The standard InChI is InChI=1S/C11H8FIN6S.C6H12.C5H10N2O/c1-5-8-6(10-15-2-7(12)9(14)18-10)3-19(20-13)11(8)17-4-16-5;1-2-4-6-5-3-1;6-5(8)7-3-1-2-4-7/h2-4H,1H3,(H2,14,15,18);1-6H2;1-4H2,(H2,6,8). The van der Waals surface area contributed by atoms with Crippen molar-refractivity contribution in [1.82, 2.24) is 28.8 Å². The van der Waals surface area contributed by atoms with Crippen LogP contribution in [-0.4, -0.2) is 47.9 Å². The number of aryl methyl sites for hydroxylation is 1. The molecule has 0 spiro atoms. The van der Waals surface area contributed by atoms with Gasteiger partial charge in [0, 0.05) is 55.2 Å². The van der Waals surface area contributed by atoms with E-state index in [1.54, 1.807) is 4.90 Å². The number of halogens is 2. The lowest BCUT2D eigenvalue weighted by Gasteiger charge is -2.09. The molecule has 3 aromatic heterocycles. The van der Waals surface area contributed by atoms with Crippen molar-refractivity contribution in [3.05, 3.63) is 30.2 Å². The second-order valence-corrected chi connectivity index (χ2v) is 9.89. The van der Waals surface area contributed by atoms with Gasteiger partial charge in [0.15, 0.2) is 23.1 Å². The lowest BCUT2D eigenvalue weighted by Crippen LogP contribution is -2.32. The molecule has 0 unspecified atom stereocenters. The van der Waals surface area contributed by atoms with Gasteiger partial charge in [0.05, 0.1) is 17.3 Å². The van der Waals surface area contributed by atoms with Crippen molar-refractivity contribution in [2.24, 2.45) is 5.73 Å². The van der Waals surface area contributed by atoms with Crippen molar-refractivity contribution < 1.29 is 9.18 Å². The summed E-state index contributed by atoms with van der Waals surface area (Å²) in [5.41, 5.74) is 12.8. The molecule has 2 aliphatic rings. The average Bonchev–Trinajstić information content (AvgIpc) is 3.52.